The molecule has 136 valence electrons. The predicted molar refractivity (Wildman–Crippen MR) is 88.6 cm³/mol. The van der Waals surface area contributed by atoms with E-state index < -0.39 is 37.2 Å². The van der Waals surface area contributed by atoms with Gasteiger partial charge in [0.25, 0.3) is 0 Å². The third-order valence-electron chi connectivity index (χ3n) is 3.12. The van der Waals surface area contributed by atoms with Crippen LogP contribution < -0.4 is 0 Å². The van der Waals surface area contributed by atoms with Gasteiger partial charge in [-0.1, -0.05) is 29.5 Å². The molecule has 0 fully saturated rings. The molecule has 0 saturated heterocycles. The number of hydrogen-bond acceptors (Lipinski definition) is 6. The minimum Gasteiger partial charge on any atom is -0.258 e. The normalized spacial score (nSPS) is 12.6. The first-order valence-corrected chi connectivity index (χ1v) is 9.25. The van der Waals surface area contributed by atoms with E-state index in [1.807, 2.05) is 0 Å². The van der Waals surface area contributed by atoms with E-state index in [1.54, 1.807) is 0 Å². The summed E-state index contributed by atoms with van der Waals surface area (Å²) in [5, 5.41) is 19.5. The van der Waals surface area contributed by atoms with Crippen LogP contribution in [0.3, 0.4) is 0 Å². The molecule has 0 spiro atoms. The van der Waals surface area contributed by atoms with Gasteiger partial charge in [0.1, 0.15) is 11.0 Å². The zero-order chi connectivity index (χ0) is 19.5. The summed E-state index contributed by atoms with van der Waals surface area (Å²) in [6.07, 6.45) is -3.66. The third-order valence-corrected chi connectivity index (χ3v) is 5.70. The highest BCUT2D eigenvalue weighted by Crippen LogP contribution is 2.31. The van der Waals surface area contributed by atoms with Crippen LogP contribution in [0.1, 0.15) is 16.0 Å². The van der Waals surface area contributed by atoms with Crippen LogP contribution in [0, 0.1) is 21.4 Å². The molecule has 1 aromatic carbocycles. The van der Waals surface area contributed by atoms with Gasteiger partial charge in [-0.15, -0.1) is 0 Å². The quantitative estimate of drug-likeness (QED) is 0.425. The summed E-state index contributed by atoms with van der Waals surface area (Å²) < 4.78 is 62.8. The maximum Gasteiger partial charge on any atom is 0.416 e. The molecule has 26 heavy (non-hydrogen) atoms. The molecular formula is C15H9F3N2O4S2. The molecule has 0 unspecified atom stereocenters. The minimum absolute atomic E-state index is 0.127. The number of nitro groups is 1. The molecule has 1 heterocycles. The standard InChI is InChI=1S/C15H9F3N2O4S2/c16-15(17,18)11-3-1-2-10(6-11)9-26(23,24)13(8-19)7-12-4-5-14(25-12)20(21)22/h1-7H,9H2/b13-7-. The van der Waals surface area contributed by atoms with Gasteiger partial charge in [-0.2, -0.15) is 18.4 Å². The molecule has 0 atom stereocenters. The van der Waals surface area contributed by atoms with E-state index in [9.17, 15) is 31.7 Å². The number of allylic oxidation sites excluding steroid dienone is 1. The molecule has 0 amide bonds. The lowest BCUT2D eigenvalue weighted by molar-refractivity contribution is -0.380. The first-order valence-electron chi connectivity index (χ1n) is 6.78. The maximum atomic E-state index is 12.7. The summed E-state index contributed by atoms with van der Waals surface area (Å²) in [5.41, 5.74) is -1.13. The van der Waals surface area contributed by atoms with Crippen LogP contribution in [0.4, 0.5) is 18.2 Å². The fourth-order valence-corrected chi connectivity index (χ4v) is 4.03. The van der Waals surface area contributed by atoms with E-state index in [4.69, 9.17) is 5.26 Å². The number of hydrogen-bond donors (Lipinski definition) is 0. The highest BCUT2D eigenvalue weighted by molar-refractivity contribution is 7.95. The molecule has 2 rings (SSSR count). The Hall–Kier alpha value is -2.71. The zero-order valence-electron chi connectivity index (χ0n) is 12.7. The lowest BCUT2D eigenvalue weighted by atomic mass is 10.1. The highest BCUT2D eigenvalue weighted by atomic mass is 32.2. The maximum absolute atomic E-state index is 12.7. The van der Waals surface area contributed by atoms with Gasteiger partial charge < -0.3 is 0 Å². The number of alkyl halides is 3. The van der Waals surface area contributed by atoms with Crippen molar-refractivity contribution in [2.75, 3.05) is 0 Å². The predicted octanol–water partition coefficient (Wildman–Crippen LogP) is 4.15. The number of sulfone groups is 1. The second kappa shape index (κ2) is 7.27. The van der Waals surface area contributed by atoms with Crippen molar-refractivity contribution in [1.29, 1.82) is 5.26 Å². The molecule has 1 aromatic heterocycles. The first kappa shape index (κ1) is 19.6. The van der Waals surface area contributed by atoms with Gasteiger partial charge in [0, 0.05) is 10.9 Å². The minimum atomic E-state index is -4.62. The lowest BCUT2D eigenvalue weighted by Crippen LogP contribution is -2.09. The second-order valence-electron chi connectivity index (χ2n) is 5.01. The van der Waals surface area contributed by atoms with Crippen molar-refractivity contribution in [3.63, 3.8) is 0 Å². The van der Waals surface area contributed by atoms with E-state index >= 15 is 0 Å². The van der Waals surface area contributed by atoms with Crippen molar-refractivity contribution >= 4 is 32.3 Å². The van der Waals surface area contributed by atoms with Gasteiger partial charge in [-0.25, -0.2) is 8.42 Å². The fraction of sp³-hybridized carbons (Fsp3) is 0.133. The third kappa shape index (κ3) is 4.68. The van der Waals surface area contributed by atoms with Crippen LogP contribution in [0.25, 0.3) is 6.08 Å². The Balaban J connectivity index is 2.34. The molecule has 2 aromatic rings. The van der Waals surface area contributed by atoms with Gasteiger partial charge in [-0.05, 0) is 23.8 Å². The molecule has 0 aliphatic carbocycles. The SMILES string of the molecule is N#C/C(=C/c1ccc([N+](=O)[O-])s1)S(=O)(=O)Cc1cccc(C(F)(F)F)c1. The topological polar surface area (TPSA) is 101 Å². The zero-order valence-corrected chi connectivity index (χ0v) is 14.4. The van der Waals surface area contributed by atoms with E-state index in [1.165, 1.54) is 18.2 Å². The van der Waals surface area contributed by atoms with Crippen LogP contribution in [-0.2, 0) is 21.8 Å². The summed E-state index contributed by atoms with van der Waals surface area (Å²) >= 11 is 0.673. The smallest absolute Gasteiger partial charge is 0.258 e. The average Bonchev–Trinajstić information content (AvgIpc) is 3.00. The Morgan fingerprint density at radius 3 is 2.54 bits per heavy atom. The van der Waals surface area contributed by atoms with Crippen LogP contribution in [0.5, 0.6) is 0 Å². The Bertz CT molecular complexity index is 1020. The van der Waals surface area contributed by atoms with Gasteiger partial charge >= 0.3 is 11.2 Å². The molecule has 0 aliphatic heterocycles. The van der Waals surface area contributed by atoms with E-state index in [2.05, 4.69) is 0 Å². The van der Waals surface area contributed by atoms with Gasteiger partial charge in [-0.3, -0.25) is 10.1 Å². The number of thiophene rings is 1. The van der Waals surface area contributed by atoms with Crippen molar-refractivity contribution in [3.05, 3.63) is 67.4 Å². The molecule has 0 bridgehead atoms. The molecule has 0 aliphatic rings. The number of halogens is 3. The van der Waals surface area contributed by atoms with Crippen molar-refractivity contribution < 1.29 is 26.5 Å². The van der Waals surface area contributed by atoms with Crippen molar-refractivity contribution in [2.24, 2.45) is 0 Å². The lowest BCUT2D eigenvalue weighted by Gasteiger charge is -2.09. The number of nitrogens with zero attached hydrogens (tertiary/aromatic N) is 2. The van der Waals surface area contributed by atoms with Crippen LogP contribution in [0.15, 0.2) is 41.3 Å². The molecule has 0 N–H and O–H groups in total. The van der Waals surface area contributed by atoms with E-state index in [0.29, 0.717) is 17.4 Å². The monoisotopic (exact) mass is 402 g/mol. The van der Waals surface area contributed by atoms with Crippen LogP contribution >= 0.6 is 11.3 Å². The van der Waals surface area contributed by atoms with Crippen molar-refractivity contribution in [2.45, 2.75) is 11.9 Å². The first-order chi connectivity index (χ1) is 12.0. The van der Waals surface area contributed by atoms with Crippen LogP contribution in [-0.4, -0.2) is 13.3 Å². The highest BCUT2D eigenvalue weighted by Gasteiger charge is 2.31. The summed E-state index contributed by atoms with van der Waals surface area (Å²) in [4.78, 5) is 9.46. The summed E-state index contributed by atoms with van der Waals surface area (Å²) in [7, 11) is -4.23. The van der Waals surface area contributed by atoms with Crippen LogP contribution in [0.2, 0.25) is 0 Å². The second-order valence-corrected chi connectivity index (χ2v) is 8.06. The van der Waals surface area contributed by atoms with E-state index in [0.717, 1.165) is 24.3 Å². The summed E-state index contributed by atoms with van der Waals surface area (Å²) in [6.45, 7) is 0. The number of nitriles is 1. The number of rotatable bonds is 5. The summed E-state index contributed by atoms with van der Waals surface area (Å²) in [5.74, 6) is -0.802. The molecule has 0 saturated carbocycles. The molecule has 6 nitrogen and oxygen atoms in total. The Kier molecular flexibility index (Phi) is 5.48. The van der Waals surface area contributed by atoms with E-state index in [-0.39, 0.29) is 15.4 Å². The van der Waals surface area contributed by atoms with Gasteiger partial charge in [0.15, 0.2) is 9.84 Å². The average molecular weight is 402 g/mol. The molecule has 0 radical (unpaired) electrons. The largest absolute Gasteiger partial charge is 0.416 e. The number of benzene rings is 1. The van der Waals surface area contributed by atoms with Gasteiger partial charge in [0.2, 0.25) is 0 Å². The molecule has 11 heteroatoms. The summed E-state index contributed by atoms with van der Waals surface area (Å²) in [6, 6.07) is 7.70. The van der Waals surface area contributed by atoms with Crippen molar-refractivity contribution in [3.8, 4) is 6.07 Å². The Labute approximate surface area is 149 Å². The molecular weight excluding hydrogens is 393 g/mol. The Morgan fingerprint density at radius 1 is 1.31 bits per heavy atom. The Morgan fingerprint density at radius 2 is 2.00 bits per heavy atom. The van der Waals surface area contributed by atoms with Crippen molar-refractivity contribution in [1.82, 2.24) is 0 Å². The van der Waals surface area contributed by atoms with Gasteiger partial charge in [0.05, 0.1) is 16.2 Å². The fourth-order valence-electron chi connectivity index (χ4n) is 1.97.